The number of halogens is 2. The van der Waals surface area contributed by atoms with Gasteiger partial charge in [-0.25, -0.2) is 0 Å². The summed E-state index contributed by atoms with van der Waals surface area (Å²) in [7, 11) is 0. The Hall–Kier alpha value is 0.140. The van der Waals surface area contributed by atoms with E-state index in [-0.39, 0.29) is 0 Å². The second-order valence-corrected chi connectivity index (χ2v) is 6.69. The lowest BCUT2D eigenvalue weighted by atomic mass is 9.94. The second kappa shape index (κ2) is 7.66. The number of nitrogens with one attached hydrogen (secondary N) is 1. The summed E-state index contributed by atoms with van der Waals surface area (Å²) in [5, 5.41) is 3.71. The molecule has 1 aromatic rings. The zero-order valence-corrected chi connectivity index (χ0v) is 14.8. The molecule has 0 aliphatic carbocycles. The van der Waals surface area contributed by atoms with Gasteiger partial charge in [0.05, 0.1) is 0 Å². The van der Waals surface area contributed by atoms with Crippen LogP contribution in [0.2, 0.25) is 0 Å². The van der Waals surface area contributed by atoms with Crippen LogP contribution in [0, 0.1) is 5.92 Å². The summed E-state index contributed by atoms with van der Waals surface area (Å²) in [6, 6.07) is 7.29. The molecule has 0 bridgehead atoms. The molecule has 0 amide bonds. The van der Waals surface area contributed by atoms with Crippen molar-refractivity contribution < 1.29 is 0 Å². The molecule has 0 radical (unpaired) electrons. The molecule has 0 fully saturated rings. The van der Waals surface area contributed by atoms with Crippen LogP contribution in [0.1, 0.15) is 52.1 Å². The maximum atomic E-state index is 3.71. The predicted molar refractivity (Wildman–Crippen MR) is 86.9 cm³/mol. The van der Waals surface area contributed by atoms with Crippen molar-refractivity contribution in [2.45, 2.75) is 52.6 Å². The maximum absolute atomic E-state index is 3.71. The minimum atomic E-state index is 0.364. The van der Waals surface area contributed by atoms with Gasteiger partial charge in [0.15, 0.2) is 0 Å². The topological polar surface area (TPSA) is 12.0 Å². The minimum absolute atomic E-state index is 0.364. The van der Waals surface area contributed by atoms with E-state index in [1.165, 1.54) is 18.4 Å². The van der Waals surface area contributed by atoms with Crippen LogP contribution in [0.4, 0.5) is 0 Å². The fourth-order valence-corrected chi connectivity index (χ4v) is 3.86. The maximum Gasteiger partial charge on any atom is 0.0305 e. The first-order chi connectivity index (χ1) is 8.49. The molecule has 102 valence electrons. The first-order valence-corrected chi connectivity index (χ1v) is 8.29. The lowest BCUT2D eigenvalue weighted by Crippen LogP contribution is -2.35. The third kappa shape index (κ3) is 4.36. The molecule has 0 aliphatic heterocycles. The van der Waals surface area contributed by atoms with Gasteiger partial charge in [0.2, 0.25) is 0 Å². The van der Waals surface area contributed by atoms with E-state index in [2.05, 4.69) is 83.1 Å². The molecule has 0 spiro atoms. The molecule has 2 unspecified atom stereocenters. The van der Waals surface area contributed by atoms with Gasteiger partial charge in [0, 0.05) is 21.0 Å². The van der Waals surface area contributed by atoms with Gasteiger partial charge >= 0.3 is 0 Å². The van der Waals surface area contributed by atoms with Crippen LogP contribution in [0.3, 0.4) is 0 Å². The quantitative estimate of drug-likeness (QED) is 0.672. The summed E-state index contributed by atoms with van der Waals surface area (Å²) in [6.45, 7) is 9.06. The van der Waals surface area contributed by atoms with Crippen LogP contribution >= 0.6 is 31.9 Å². The third-order valence-corrected chi connectivity index (χ3v) is 4.88. The molecule has 18 heavy (non-hydrogen) atoms. The highest BCUT2D eigenvalue weighted by molar-refractivity contribution is 9.11. The molecule has 1 N–H and O–H groups in total. The first-order valence-electron chi connectivity index (χ1n) is 6.70. The van der Waals surface area contributed by atoms with E-state index >= 15 is 0 Å². The molecule has 0 aliphatic rings. The Balaban J connectivity index is 2.72. The van der Waals surface area contributed by atoms with E-state index in [1.807, 2.05) is 0 Å². The van der Waals surface area contributed by atoms with Crippen LogP contribution < -0.4 is 5.32 Å². The highest BCUT2D eigenvalue weighted by Gasteiger charge is 2.17. The summed E-state index contributed by atoms with van der Waals surface area (Å²) in [5.41, 5.74) is 1.32. The van der Waals surface area contributed by atoms with E-state index in [1.54, 1.807) is 0 Å². The highest BCUT2D eigenvalue weighted by Crippen LogP contribution is 2.27. The van der Waals surface area contributed by atoms with Gasteiger partial charge in [-0.05, 0) is 37.5 Å². The summed E-state index contributed by atoms with van der Waals surface area (Å²) in [5.74, 6) is 0.752. The first kappa shape index (κ1) is 16.2. The molecule has 1 nitrogen and oxygen atoms in total. The normalized spacial score (nSPS) is 14.8. The van der Waals surface area contributed by atoms with Crippen molar-refractivity contribution in [3.05, 3.63) is 32.7 Å². The minimum Gasteiger partial charge on any atom is -0.307 e. The average Bonchev–Trinajstić information content (AvgIpc) is 2.30. The van der Waals surface area contributed by atoms with Crippen LogP contribution in [0.15, 0.2) is 27.1 Å². The van der Waals surface area contributed by atoms with Gasteiger partial charge in [-0.3, -0.25) is 0 Å². The van der Waals surface area contributed by atoms with Gasteiger partial charge in [-0.15, -0.1) is 0 Å². The number of rotatable bonds is 6. The van der Waals surface area contributed by atoms with Crippen LogP contribution in [-0.2, 0) is 0 Å². The molecular weight excluding hydrogens is 354 g/mol. The number of hydrogen-bond acceptors (Lipinski definition) is 1. The standard InChI is InChI=1S/C15H23Br2N/c1-5-12(6-2)10(3)18-11(4)14-8-7-13(16)9-15(14)17/h7-12,18H,5-6H2,1-4H3. The lowest BCUT2D eigenvalue weighted by Gasteiger charge is -2.27. The van der Waals surface area contributed by atoms with Gasteiger partial charge < -0.3 is 5.32 Å². The Morgan fingerprint density at radius 1 is 1.11 bits per heavy atom. The SMILES string of the molecule is CCC(CC)C(C)NC(C)c1ccc(Br)cc1Br. The monoisotopic (exact) mass is 375 g/mol. The molecule has 0 saturated heterocycles. The smallest absolute Gasteiger partial charge is 0.0305 e. The molecule has 0 aromatic heterocycles. The van der Waals surface area contributed by atoms with E-state index in [9.17, 15) is 0 Å². The van der Waals surface area contributed by atoms with E-state index < -0.39 is 0 Å². The summed E-state index contributed by atoms with van der Waals surface area (Å²) in [6.07, 6.45) is 2.47. The fourth-order valence-electron chi connectivity index (χ4n) is 2.47. The van der Waals surface area contributed by atoms with Gasteiger partial charge in [-0.1, -0.05) is 64.6 Å². The zero-order valence-electron chi connectivity index (χ0n) is 11.6. The second-order valence-electron chi connectivity index (χ2n) is 4.92. The average molecular weight is 377 g/mol. The van der Waals surface area contributed by atoms with Crippen LogP contribution in [0.25, 0.3) is 0 Å². The van der Waals surface area contributed by atoms with Crippen molar-refractivity contribution in [2.75, 3.05) is 0 Å². The van der Waals surface area contributed by atoms with Crippen LogP contribution in [0.5, 0.6) is 0 Å². The highest BCUT2D eigenvalue weighted by atomic mass is 79.9. The van der Waals surface area contributed by atoms with Crippen molar-refractivity contribution in [1.29, 1.82) is 0 Å². The lowest BCUT2D eigenvalue weighted by molar-refractivity contribution is 0.330. The Labute approximate surface area is 128 Å². The van der Waals surface area contributed by atoms with Crippen molar-refractivity contribution in [3.63, 3.8) is 0 Å². The van der Waals surface area contributed by atoms with Crippen molar-refractivity contribution in [2.24, 2.45) is 5.92 Å². The van der Waals surface area contributed by atoms with Crippen LogP contribution in [-0.4, -0.2) is 6.04 Å². The molecule has 2 atom stereocenters. The summed E-state index contributed by atoms with van der Waals surface area (Å²) >= 11 is 7.13. The Bertz CT molecular complexity index is 375. The Morgan fingerprint density at radius 2 is 1.72 bits per heavy atom. The van der Waals surface area contributed by atoms with Crippen molar-refractivity contribution in [1.82, 2.24) is 5.32 Å². The summed E-state index contributed by atoms with van der Waals surface area (Å²) in [4.78, 5) is 0. The fraction of sp³-hybridized carbons (Fsp3) is 0.600. The molecule has 3 heteroatoms. The van der Waals surface area contributed by atoms with E-state index in [0.717, 1.165) is 14.9 Å². The molecular formula is C15H23Br2N. The van der Waals surface area contributed by atoms with Gasteiger partial charge in [-0.2, -0.15) is 0 Å². The summed E-state index contributed by atoms with van der Waals surface area (Å²) < 4.78 is 2.27. The van der Waals surface area contributed by atoms with E-state index in [4.69, 9.17) is 0 Å². The molecule has 0 saturated carbocycles. The molecule has 0 heterocycles. The van der Waals surface area contributed by atoms with E-state index in [0.29, 0.717) is 12.1 Å². The number of hydrogen-bond donors (Lipinski definition) is 1. The Kier molecular flexibility index (Phi) is 6.89. The predicted octanol–water partition coefficient (Wildman–Crippen LogP) is 5.69. The number of benzene rings is 1. The van der Waals surface area contributed by atoms with Crippen molar-refractivity contribution in [3.8, 4) is 0 Å². The molecule has 1 rings (SSSR count). The van der Waals surface area contributed by atoms with Gasteiger partial charge in [0.25, 0.3) is 0 Å². The third-order valence-electron chi connectivity index (χ3n) is 3.70. The van der Waals surface area contributed by atoms with Gasteiger partial charge in [0.1, 0.15) is 0 Å². The Morgan fingerprint density at radius 3 is 2.22 bits per heavy atom. The largest absolute Gasteiger partial charge is 0.307 e. The molecule has 1 aromatic carbocycles. The van der Waals surface area contributed by atoms with Crippen molar-refractivity contribution >= 4 is 31.9 Å². The zero-order chi connectivity index (χ0) is 13.7.